The van der Waals surface area contributed by atoms with Crippen molar-refractivity contribution in [2.24, 2.45) is 0 Å². The smallest absolute Gasteiger partial charge is 0.324 e. The van der Waals surface area contributed by atoms with Gasteiger partial charge in [-0.3, -0.25) is 9.69 Å². The zero-order chi connectivity index (χ0) is 22.5. The fraction of sp³-hybridized carbons (Fsp3) is 0.200. The fourth-order valence-electron chi connectivity index (χ4n) is 3.76. The maximum atomic E-state index is 13.5. The summed E-state index contributed by atoms with van der Waals surface area (Å²) in [6.45, 7) is 1.26. The van der Waals surface area contributed by atoms with Crippen molar-refractivity contribution < 1.29 is 18.4 Å². The van der Waals surface area contributed by atoms with Crippen molar-refractivity contribution in [3.8, 4) is 0 Å². The van der Waals surface area contributed by atoms with Crippen molar-refractivity contribution in [2.45, 2.75) is 19.4 Å². The van der Waals surface area contributed by atoms with Crippen LogP contribution in [0.15, 0.2) is 72.8 Å². The summed E-state index contributed by atoms with van der Waals surface area (Å²) < 4.78 is 26.7. The largest absolute Gasteiger partial charge is 0.326 e. The standard InChI is InChI=1S/C25H23F2N3O2/c26-22-11-10-19(14-23(22)27)17-29-12-5-13-30(25(29)32)21-9-4-8-20(16-21)28-24(31)15-18-6-2-1-3-7-18/h1-4,6-11,14,16H,5,12-13,15,17H2,(H,28,31). The number of nitrogens with one attached hydrogen (secondary N) is 1. The second-order valence-corrected chi connectivity index (χ2v) is 7.72. The van der Waals surface area contributed by atoms with Gasteiger partial charge in [-0.1, -0.05) is 42.5 Å². The van der Waals surface area contributed by atoms with Crippen LogP contribution in [0.1, 0.15) is 17.5 Å². The van der Waals surface area contributed by atoms with Gasteiger partial charge in [-0.15, -0.1) is 0 Å². The lowest BCUT2D eigenvalue weighted by molar-refractivity contribution is -0.115. The van der Waals surface area contributed by atoms with Gasteiger partial charge < -0.3 is 10.2 Å². The van der Waals surface area contributed by atoms with Crippen LogP contribution in [0.2, 0.25) is 0 Å². The molecule has 0 aliphatic carbocycles. The van der Waals surface area contributed by atoms with Crippen molar-refractivity contribution in [1.29, 1.82) is 0 Å². The van der Waals surface area contributed by atoms with E-state index in [1.54, 1.807) is 28.0 Å². The topological polar surface area (TPSA) is 52.7 Å². The number of hydrogen-bond acceptors (Lipinski definition) is 2. The third-order valence-electron chi connectivity index (χ3n) is 5.32. The lowest BCUT2D eigenvalue weighted by Crippen LogP contribution is -2.49. The van der Waals surface area contributed by atoms with Crippen molar-refractivity contribution in [1.82, 2.24) is 4.90 Å². The average Bonchev–Trinajstić information content (AvgIpc) is 2.78. The van der Waals surface area contributed by atoms with Crippen molar-refractivity contribution in [2.75, 3.05) is 23.3 Å². The molecular formula is C25H23F2N3O2. The first-order valence-electron chi connectivity index (χ1n) is 10.4. The van der Waals surface area contributed by atoms with E-state index in [4.69, 9.17) is 0 Å². The lowest BCUT2D eigenvalue weighted by atomic mass is 10.1. The Labute approximate surface area is 185 Å². The highest BCUT2D eigenvalue weighted by Crippen LogP contribution is 2.25. The molecule has 4 rings (SSSR count). The SMILES string of the molecule is O=C(Cc1ccccc1)Nc1cccc(N2CCCN(Cc3ccc(F)c(F)c3)C2=O)c1. The van der Waals surface area contributed by atoms with Crippen LogP contribution in [0.5, 0.6) is 0 Å². The lowest BCUT2D eigenvalue weighted by Gasteiger charge is -2.36. The Hall–Kier alpha value is -3.74. The van der Waals surface area contributed by atoms with Gasteiger partial charge in [-0.25, -0.2) is 13.6 Å². The number of amides is 3. The predicted molar refractivity (Wildman–Crippen MR) is 119 cm³/mol. The molecule has 7 heteroatoms. The van der Waals surface area contributed by atoms with Crippen LogP contribution in [-0.4, -0.2) is 29.9 Å². The highest BCUT2D eigenvalue weighted by Gasteiger charge is 2.27. The molecule has 3 amide bonds. The summed E-state index contributed by atoms with van der Waals surface area (Å²) in [4.78, 5) is 28.7. The minimum Gasteiger partial charge on any atom is -0.326 e. The Kier molecular flexibility index (Phi) is 6.44. The van der Waals surface area contributed by atoms with E-state index in [2.05, 4.69) is 5.32 Å². The number of halogens is 2. The fourth-order valence-corrected chi connectivity index (χ4v) is 3.76. The van der Waals surface area contributed by atoms with E-state index in [1.165, 1.54) is 6.07 Å². The Balaban J connectivity index is 1.44. The zero-order valence-electron chi connectivity index (χ0n) is 17.4. The molecule has 1 aliphatic rings. The molecule has 32 heavy (non-hydrogen) atoms. The van der Waals surface area contributed by atoms with E-state index < -0.39 is 11.6 Å². The van der Waals surface area contributed by atoms with Crippen LogP contribution in [0.4, 0.5) is 25.0 Å². The van der Waals surface area contributed by atoms with Crippen LogP contribution >= 0.6 is 0 Å². The van der Waals surface area contributed by atoms with Crippen molar-refractivity contribution in [3.05, 3.63) is 95.6 Å². The average molecular weight is 435 g/mol. The summed E-state index contributed by atoms with van der Waals surface area (Å²) >= 11 is 0. The maximum Gasteiger partial charge on any atom is 0.324 e. The molecule has 1 saturated heterocycles. The van der Waals surface area contributed by atoms with Gasteiger partial charge in [0, 0.05) is 31.0 Å². The van der Waals surface area contributed by atoms with Gasteiger partial charge in [-0.2, -0.15) is 0 Å². The maximum absolute atomic E-state index is 13.5. The van der Waals surface area contributed by atoms with Crippen LogP contribution in [-0.2, 0) is 17.8 Å². The minimum absolute atomic E-state index is 0.140. The van der Waals surface area contributed by atoms with E-state index in [9.17, 15) is 18.4 Å². The number of urea groups is 1. The summed E-state index contributed by atoms with van der Waals surface area (Å²) in [5, 5.41) is 2.88. The number of rotatable bonds is 6. The van der Waals surface area contributed by atoms with Crippen LogP contribution in [0.25, 0.3) is 0 Å². The van der Waals surface area contributed by atoms with E-state index in [0.717, 1.165) is 24.1 Å². The first kappa shape index (κ1) is 21.5. The van der Waals surface area contributed by atoms with E-state index in [0.29, 0.717) is 30.0 Å². The highest BCUT2D eigenvalue weighted by molar-refractivity contribution is 5.95. The molecule has 5 nitrogen and oxygen atoms in total. The second-order valence-electron chi connectivity index (χ2n) is 7.72. The molecule has 1 heterocycles. The summed E-state index contributed by atoms with van der Waals surface area (Å²) in [6, 6.07) is 20.0. The Morgan fingerprint density at radius 1 is 0.875 bits per heavy atom. The monoisotopic (exact) mass is 435 g/mol. The Morgan fingerprint density at radius 2 is 1.69 bits per heavy atom. The van der Waals surface area contributed by atoms with Gasteiger partial charge in [0.1, 0.15) is 0 Å². The number of anilines is 2. The van der Waals surface area contributed by atoms with Gasteiger partial charge in [0.2, 0.25) is 5.91 Å². The molecule has 1 N–H and O–H groups in total. The predicted octanol–water partition coefficient (Wildman–Crippen LogP) is 4.98. The van der Waals surface area contributed by atoms with Crippen LogP contribution < -0.4 is 10.2 Å². The van der Waals surface area contributed by atoms with Crippen LogP contribution in [0, 0.1) is 11.6 Å². The number of nitrogens with zero attached hydrogens (tertiary/aromatic N) is 2. The minimum atomic E-state index is -0.928. The molecule has 0 aromatic heterocycles. The van der Waals surface area contributed by atoms with Gasteiger partial charge in [0.15, 0.2) is 11.6 Å². The molecule has 0 spiro atoms. The summed E-state index contributed by atoms with van der Waals surface area (Å²) in [5.74, 6) is -1.98. The zero-order valence-corrected chi connectivity index (χ0v) is 17.4. The molecule has 0 atom stereocenters. The van der Waals surface area contributed by atoms with Crippen molar-refractivity contribution in [3.63, 3.8) is 0 Å². The summed E-state index contributed by atoms with van der Waals surface area (Å²) in [7, 11) is 0. The third kappa shape index (κ3) is 5.11. The molecule has 164 valence electrons. The second kappa shape index (κ2) is 9.60. The summed E-state index contributed by atoms with van der Waals surface area (Å²) in [5.41, 5.74) is 2.72. The highest BCUT2D eigenvalue weighted by atomic mass is 19.2. The third-order valence-corrected chi connectivity index (χ3v) is 5.32. The number of carbonyl (C=O) groups excluding carboxylic acids is 2. The molecule has 0 bridgehead atoms. The first-order chi connectivity index (χ1) is 15.5. The molecule has 0 radical (unpaired) electrons. The van der Waals surface area contributed by atoms with E-state index >= 15 is 0 Å². The number of hydrogen-bond donors (Lipinski definition) is 1. The number of carbonyl (C=O) groups is 2. The van der Waals surface area contributed by atoms with Gasteiger partial charge in [-0.05, 0) is 47.9 Å². The Morgan fingerprint density at radius 3 is 2.47 bits per heavy atom. The molecule has 3 aromatic carbocycles. The van der Waals surface area contributed by atoms with Crippen molar-refractivity contribution >= 4 is 23.3 Å². The molecule has 1 aliphatic heterocycles. The normalized spacial score (nSPS) is 13.9. The van der Waals surface area contributed by atoms with Crippen LogP contribution in [0.3, 0.4) is 0 Å². The Bertz CT molecular complexity index is 1120. The van der Waals surface area contributed by atoms with Gasteiger partial charge in [0.05, 0.1) is 6.42 Å². The quantitative estimate of drug-likeness (QED) is 0.594. The first-order valence-corrected chi connectivity index (χ1v) is 10.4. The molecule has 3 aromatic rings. The molecule has 0 unspecified atom stereocenters. The molecule has 1 fully saturated rings. The van der Waals surface area contributed by atoms with Gasteiger partial charge in [0.25, 0.3) is 0 Å². The molecular weight excluding hydrogens is 412 g/mol. The van der Waals surface area contributed by atoms with E-state index in [1.807, 2.05) is 36.4 Å². The van der Waals surface area contributed by atoms with E-state index in [-0.39, 0.29) is 24.9 Å². The van der Waals surface area contributed by atoms with Gasteiger partial charge >= 0.3 is 6.03 Å². The summed E-state index contributed by atoms with van der Waals surface area (Å²) in [6.07, 6.45) is 0.996. The number of benzene rings is 3. The molecule has 0 saturated carbocycles.